The molecule has 0 aromatic rings. The van der Waals surface area contributed by atoms with Crippen LogP contribution in [0.4, 0.5) is 0 Å². The van der Waals surface area contributed by atoms with Gasteiger partial charge in [0.2, 0.25) is 0 Å². The first-order valence-corrected chi connectivity index (χ1v) is 13.7. The zero-order chi connectivity index (χ0) is 20.7. The van der Waals surface area contributed by atoms with Gasteiger partial charge in [-0.1, -0.05) is 104 Å². The summed E-state index contributed by atoms with van der Waals surface area (Å²) in [6.45, 7) is 7.83. The van der Waals surface area contributed by atoms with Crippen molar-refractivity contribution >= 4 is 11.8 Å². The number of aliphatic hydroxyl groups is 1. The highest BCUT2D eigenvalue weighted by Crippen LogP contribution is 2.22. The Bertz CT molecular complexity index is 286. The lowest BCUT2D eigenvalue weighted by Gasteiger charge is -2.19. The van der Waals surface area contributed by atoms with E-state index in [0.29, 0.717) is 0 Å². The minimum atomic E-state index is 0.0291. The van der Waals surface area contributed by atoms with Crippen LogP contribution in [-0.4, -0.2) is 35.9 Å². The summed E-state index contributed by atoms with van der Waals surface area (Å²) in [5.74, 6) is 3.04. The molecule has 0 aromatic carbocycles. The number of hydrogen-bond donors (Lipinski definition) is 1. The molecular weight excluding hydrogens is 364 g/mol. The summed E-state index contributed by atoms with van der Waals surface area (Å²) in [4.78, 5) is 0. The summed E-state index contributed by atoms with van der Waals surface area (Å²) < 4.78 is 5.94. The van der Waals surface area contributed by atoms with Crippen molar-refractivity contribution < 1.29 is 9.84 Å². The Balaban J connectivity index is 3.75. The number of aliphatic hydroxyl groups excluding tert-OH is 1. The van der Waals surface area contributed by atoms with Crippen molar-refractivity contribution in [1.82, 2.24) is 0 Å². The van der Waals surface area contributed by atoms with Gasteiger partial charge in [-0.25, -0.2) is 0 Å². The highest BCUT2D eigenvalue weighted by atomic mass is 32.2. The summed E-state index contributed by atoms with van der Waals surface area (Å²) in [6, 6.07) is 0. The first kappa shape index (κ1) is 28.3. The standard InChI is InChI=1S/C25H52O2S/c1-4-7-10-12-13-14-15-17-20-27-25(21-26)23-28-22-24(18-9-6-3)19-16-11-8-5-2/h24-26H,4-23H2,1-3H3. The highest BCUT2D eigenvalue weighted by Gasteiger charge is 2.12. The summed E-state index contributed by atoms with van der Waals surface area (Å²) >= 11 is 2.00. The smallest absolute Gasteiger partial charge is 0.0895 e. The number of thioether (sulfide) groups is 1. The SMILES string of the molecule is CCCCCCCCCCOC(CO)CSCC(CCCC)CCCCCC. The van der Waals surface area contributed by atoms with Crippen molar-refractivity contribution in [2.24, 2.45) is 5.92 Å². The van der Waals surface area contributed by atoms with Crippen LogP contribution in [0, 0.1) is 5.92 Å². The van der Waals surface area contributed by atoms with E-state index in [1.807, 2.05) is 11.8 Å². The lowest BCUT2D eigenvalue weighted by Crippen LogP contribution is -2.22. The molecule has 2 unspecified atom stereocenters. The maximum Gasteiger partial charge on any atom is 0.0895 e. The van der Waals surface area contributed by atoms with Gasteiger partial charge < -0.3 is 9.84 Å². The highest BCUT2D eigenvalue weighted by molar-refractivity contribution is 7.99. The third kappa shape index (κ3) is 19.6. The molecular formula is C25H52O2S. The van der Waals surface area contributed by atoms with Crippen LogP contribution in [0.5, 0.6) is 0 Å². The van der Waals surface area contributed by atoms with E-state index < -0.39 is 0 Å². The van der Waals surface area contributed by atoms with E-state index in [4.69, 9.17) is 4.74 Å². The first-order valence-electron chi connectivity index (χ1n) is 12.6. The molecule has 0 aromatic heterocycles. The normalized spacial score (nSPS) is 13.7. The molecule has 0 rings (SSSR count). The molecule has 0 saturated carbocycles. The van der Waals surface area contributed by atoms with Crippen LogP contribution in [0.25, 0.3) is 0 Å². The average Bonchev–Trinajstić information content (AvgIpc) is 2.71. The fourth-order valence-electron chi connectivity index (χ4n) is 3.67. The summed E-state index contributed by atoms with van der Waals surface area (Å²) in [7, 11) is 0. The Labute approximate surface area is 182 Å². The molecule has 0 saturated heterocycles. The predicted octanol–water partition coefficient (Wildman–Crippen LogP) is 8.01. The minimum absolute atomic E-state index is 0.0291. The monoisotopic (exact) mass is 416 g/mol. The Morgan fingerprint density at radius 2 is 1.18 bits per heavy atom. The van der Waals surface area contributed by atoms with Gasteiger partial charge in [-0.15, -0.1) is 0 Å². The van der Waals surface area contributed by atoms with Gasteiger partial charge in [0.15, 0.2) is 0 Å². The molecule has 0 aliphatic rings. The van der Waals surface area contributed by atoms with E-state index in [1.54, 1.807) is 0 Å². The molecule has 0 aliphatic heterocycles. The van der Waals surface area contributed by atoms with E-state index in [9.17, 15) is 5.11 Å². The molecule has 0 fully saturated rings. The van der Waals surface area contributed by atoms with Gasteiger partial charge in [-0.05, 0) is 30.9 Å². The molecule has 28 heavy (non-hydrogen) atoms. The molecule has 1 N–H and O–H groups in total. The van der Waals surface area contributed by atoms with Crippen LogP contribution in [-0.2, 0) is 4.74 Å². The molecule has 0 heterocycles. The Hall–Kier alpha value is 0.270. The van der Waals surface area contributed by atoms with E-state index in [2.05, 4.69) is 20.8 Å². The average molecular weight is 417 g/mol. The third-order valence-electron chi connectivity index (χ3n) is 5.64. The van der Waals surface area contributed by atoms with Crippen LogP contribution in [0.2, 0.25) is 0 Å². The molecule has 0 aliphatic carbocycles. The maximum atomic E-state index is 9.62. The van der Waals surface area contributed by atoms with Crippen LogP contribution in [0.1, 0.15) is 124 Å². The van der Waals surface area contributed by atoms with Gasteiger partial charge in [0.05, 0.1) is 12.7 Å². The van der Waals surface area contributed by atoms with Crippen molar-refractivity contribution in [2.75, 3.05) is 24.7 Å². The lowest BCUT2D eigenvalue weighted by molar-refractivity contribution is 0.0260. The van der Waals surface area contributed by atoms with Crippen molar-refractivity contribution in [1.29, 1.82) is 0 Å². The van der Waals surface area contributed by atoms with Crippen molar-refractivity contribution in [3.8, 4) is 0 Å². The van der Waals surface area contributed by atoms with Crippen molar-refractivity contribution in [2.45, 2.75) is 130 Å². The minimum Gasteiger partial charge on any atom is -0.394 e. The van der Waals surface area contributed by atoms with E-state index in [-0.39, 0.29) is 12.7 Å². The van der Waals surface area contributed by atoms with Gasteiger partial charge in [-0.3, -0.25) is 0 Å². The van der Waals surface area contributed by atoms with Gasteiger partial charge in [0.1, 0.15) is 0 Å². The van der Waals surface area contributed by atoms with E-state index >= 15 is 0 Å². The molecule has 170 valence electrons. The number of rotatable bonds is 23. The molecule has 3 heteroatoms. The zero-order valence-corrected chi connectivity index (χ0v) is 20.4. The largest absolute Gasteiger partial charge is 0.394 e. The Morgan fingerprint density at radius 1 is 0.643 bits per heavy atom. The van der Waals surface area contributed by atoms with Crippen LogP contribution < -0.4 is 0 Å². The van der Waals surface area contributed by atoms with Gasteiger partial charge in [0, 0.05) is 12.4 Å². The van der Waals surface area contributed by atoms with Crippen molar-refractivity contribution in [3.05, 3.63) is 0 Å². The van der Waals surface area contributed by atoms with E-state index in [1.165, 1.54) is 102 Å². The Morgan fingerprint density at radius 3 is 1.79 bits per heavy atom. The topological polar surface area (TPSA) is 29.5 Å². The van der Waals surface area contributed by atoms with Crippen LogP contribution in [0.15, 0.2) is 0 Å². The Kier molecular flexibility index (Phi) is 23.8. The molecule has 0 bridgehead atoms. The summed E-state index contributed by atoms with van der Waals surface area (Å²) in [5, 5.41) is 9.62. The molecule has 0 radical (unpaired) electrons. The number of hydrogen-bond acceptors (Lipinski definition) is 3. The second-order valence-corrected chi connectivity index (χ2v) is 9.62. The summed E-state index contributed by atoms with van der Waals surface area (Å²) in [6.07, 6.45) is 21.6. The maximum absolute atomic E-state index is 9.62. The lowest BCUT2D eigenvalue weighted by atomic mass is 9.97. The second kappa shape index (κ2) is 23.5. The van der Waals surface area contributed by atoms with Crippen LogP contribution in [0.3, 0.4) is 0 Å². The second-order valence-electron chi connectivity index (χ2n) is 8.55. The number of unbranched alkanes of at least 4 members (excludes halogenated alkanes) is 11. The molecule has 2 atom stereocenters. The zero-order valence-electron chi connectivity index (χ0n) is 19.6. The van der Waals surface area contributed by atoms with Gasteiger partial charge >= 0.3 is 0 Å². The molecule has 2 nitrogen and oxygen atoms in total. The predicted molar refractivity (Wildman–Crippen MR) is 129 cm³/mol. The molecule has 0 amide bonds. The third-order valence-corrected chi connectivity index (χ3v) is 6.96. The molecule has 0 spiro atoms. The van der Waals surface area contributed by atoms with Crippen LogP contribution >= 0.6 is 11.8 Å². The van der Waals surface area contributed by atoms with Gasteiger partial charge in [-0.2, -0.15) is 11.8 Å². The fourth-order valence-corrected chi connectivity index (χ4v) is 4.94. The first-order chi connectivity index (χ1) is 13.8. The fraction of sp³-hybridized carbons (Fsp3) is 1.00. The van der Waals surface area contributed by atoms with Gasteiger partial charge in [0.25, 0.3) is 0 Å². The summed E-state index contributed by atoms with van der Waals surface area (Å²) in [5.41, 5.74) is 0. The quantitative estimate of drug-likeness (QED) is 0.171. The van der Waals surface area contributed by atoms with Crippen molar-refractivity contribution in [3.63, 3.8) is 0 Å². The van der Waals surface area contributed by atoms with E-state index in [0.717, 1.165) is 24.7 Å². The number of ether oxygens (including phenoxy) is 1.